The molecule has 0 bridgehead atoms. The molecule has 1 aromatic rings. The van der Waals surface area contributed by atoms with Gasteiger partial charge in [0, 0.05) is 25.3 Å². The van der Waals surface area contributed by atoms with Crippen LogP contribution in [-0.4, -0.2) is 40.7 Å². The Kier molecular flexibility index (Phi) is 5.27. The van der Waals surface area contributed by atoms with Gasteiger partial charge in [-0.1, -0.05) is 0 Å². The lowest BCUT2D eigenvalue weighted by Crippen LogP contribution is -2.37. The normalized spacial score (nSPS) is 19.5. The van der Waals surface area contributed by atoms with Crippen molar-refractivity contribution >= 4 is 11.8 Å². The molecule has 1 fully saturated rings. The van der Waals surface area contributed by atoms with Crippen LogP contribution in [0.5, 0.6) is 0 Å². The maximum absolute atomic E-state index is 12.2. The van der Waals surface area contributed by atoms with Gasteiger partial charge in [-0.3, -0.25) is 4.98 Å². The molecule has 1 saturated heterocycles. The number of hydrogen-bond donors (Lipinski definition) is 1. The maximum atomic E-state index is 12.2. The molecule has 1 unspecified atom stereocenters. The van der Waals surface area contributed by atoms with Crippen LogP contribution in [0.3, 0.4) is 0 Å². The lowest BCUT2D eigenvalue weighted by atomic mass is 10.1. The van der Waals surface area contributed by atoms with Crippen LogP contribution in [0.2, 0.25) is 0 Å². The maximum Gasteiger partial charge on any atom is 0.410 e. The Bertz CT molecular complexity index is 511. The van der Waals surface area contributed by atoms with Gasteiger partial charge in [0.05, 0.1) is 11.9 Å². The zero-order valence-corrected chi connectivity index (χ0v) is 14.1. The highest BCUT2D eigenvalue weighted by molar-refractivity contribution is 5.68. The van der Waals surface area contributed by atoms with Gasteiger partial charge >= 0.3 is 6.09 Å². The van der Waals surface area contributed by atoms with Gasteiger partial charge in [0.1, 0.15) is 5.60 Å². The van der Waals surface area contributed by atoms with Crippen molar-refractivity contribution in [3.8, 4) is 0 Å². The van der Waals surface area contributed by atoms with Crippen LogP contribution in [0, 0.1) is 6.92 Å². The molecule has 0 spiro atoms. The fourth-order valence-corrected chi connectivity index (χ4v) is 2.58. The second-order valence-electron chi connectivity index (χ2n) is 6.93. The molecule has 0 saturated carbocycles. The molecule has 1 atom stereocenters. The highest BCUT2D eigenvalue weighted by atomic mass is 16.6. The zero-order chi connectivity index (χ0) is 16.2. The number of aryl methyl sites for hydroxylation is 1. The molecule has 122 valence electrons. The number of amides is 1. The number of nitrogens with zero attached hydrogens (tertiary/aromatic N) is 2. The summed E-state index contributed by atoms with van der Waals surface area (Å²) in [5.41, 5.74) is 1.84. The molecule has 0 radical (unpaired) electrons. The Morgan fingerprint density at radius 3 is 2.82 bits per heavy atom. The molecule has 0 aliphatic carbocycles. The number of anilines is 1. The fraction of sp³-hybridized carbons (Fsp3) is 0.647. The third-order valence-corrected chi connectivity index (χ3v) is 3.78. The van der Waals surface area contributed by atoms with Crippen LogP contribution in [0.15, 0.2) is 18.5 Å². The summed E-state index contributed by atoms with van der Waals surface area (Å²) in [6.45, 7) is 9.27. The number of hydrogen-bond acceptors (Lipinski definition) is 4. The summed E-state index contributed by atoms with van der Waals surface area (Å²) in [6, 6.07) is 2.38. The van der Waals surface area contributed by atoms with Gasteiger partial charge in [-0.2, -0.15) is 0 Å². The van der Waals surface area contributed by atoms with Gasteiger partial charge in [0.25, 0.3) is 0 Å². The summed E-state index contributed by atoms with van der Waals surface area (Å²) in [5, 5.41) is 3.56. The molecule has 1 amide bonds. The quantitative estimate of drug-likeness (QED) is 0.907. The van der Waals surface area contributed by atoms with Gasteiger partial charge in [0.15, 0.2) is 0 Å². The summed E-state index contributed by atoms with van der Waals surface area (Å²) in [6.07, 6.45) is 6.42. The Balaban J connectivity index is 1.90. The first kappa shape index (κ1) is 16.6. The number of pyridine rings is 1. The SMILES string of the molecule is Cc1ccncc1NC1CCCN(C(=O)OC(C)(C)C)CC1. The first-order valence-electron chi connectivity index (χ1n) is 8.00. The topological polar surface area (TPSA) is 54.5 Å². The minimum Gasteiger partial charge on any atom is -0.444 e. The third-order valence-electron chi connectivity index (χ3n) is 3.78. The molecule has 2 heterocycles. The van der Waals surface area contributed by atoms with E-state index in [0.29, 0.717) is 6.04 Å². The summed E-state index contributed by atoms with van der Waals surface area (Å²) in [7, 11) is 0. The minimum atomic E-state index is -0.437. The molecular weight excluding hydrogens is 278 g/mol. The number of carbonyl (C=O) groups is 1. The van der Waals surface area contributed by atoms with Gasteiger partial charge < -0.3 is 15.0 Å². The molecule has 1 aromatic heterocycles. The monoisotopic (exact) mass is 305 g/mol. The minimum absolute atomic E-state index is 0.203. The van der Waals surface area contributed by atoms with Gasteiger partial charge in [-0.15, -0.1) is 0 Å². The largest absolute Gasteiger partial charge is 0.444 e. The molecule has 1 aliphatic heterocycles. The summed E-state index contributed by atoms with van der Waals surface area (Å²) >= 11 is 0. The third kappa shape index (κ3) is 4.90. The van der Waals surface area contributed by atoms with Crippen LogP contribution in [0.25, 0.3) is 0 Å². The van der Waals surface area contributed by atoms with Crippen molar-refractivity contribution in [2.75, 3.05) is 18.4 Å². The van der Waals surface area contributed by atoms with Gasteiger partial charge in [-0.05, 0) is 58.6 Å². The van der Waals surface area contributed by atoms with Crippen LogP contribution in [0.4, 0.5) is 10.5 Å². The number of nitrogens with one attached hydrogen (secondary N) is 1. The van der Waals surface area contributed by atoms with E-state index in [1.165, 1.54) is 5.56 Å². The predicted octanol–water partition coefficient (Wildman–Crippen LogP) is 3.59. The number of ether oxygens (including phenoxy) is 1. The Morgan fingerprint density at radius 1 is 1.36 bits per heavy atom. The van der Waals surface area contributed by atoms with Crippen LogP contribution >= 0.6 is 0 Å². The van der Waals surface area contributed by atoms with E-state index in [0.717, 1.165) is 38.0 Å². The molecule has 1 N–H and O–H groups in total. The molecule has 0 aromatic carbocycles. The van der Waals surface area contributed by atoms with E-state index in [9.17, 15) is 4.79 Å². The molecule has 5 nitrogen and oxygen atoms in total. The van der Waals surface area contributed by atoms with Gasteiger partial charge in [-0.25, -0.2) is 4.79 Å². The van der Waals surface area contributed by atoms with E-state index < -0.39 is 5.60 Å². The van der Waals surface area contributed by atoms with Crippen molar-refractivity contribution in [1.29, 1.82) is 0 Å². The second-order valence-corrected chi connectivity index (χ2v) is 6.93. The van der Waals surface area contributed by atoms with E-state index in [2.05, 4.69) is 17.2 Å². The van der Waals surface area contributed by atoms with Crippen molar-refractivity contribution in [2.24, 2.45) is 0 Å². The first-order valence-corrected chi connectivity index (χ1v) is 8.00. The lowest BCUT2D eigenvalue weighted by Gasteiger charge is -2.26. The Labute approximate surface area is 133 Å². The predicted molar refractivity (Wildman–Crippen MR) is 88.0 cm³/mol. The van der Waals surface area contributed by atoms with Crippen molar-refractivity contribution in [1.82, 2.24) is 9.88 Å². The Hall–Kier alpha value is -1.78. The fourth-order valence-electron chi connectivity index (χ4n) is 2.58. The zero-order valence-electron chi connectivity index (χ0n) is 14.1. The summed E-state index contributed by atoms with van der Waals surface area (Å²) in [5.74, 6) is 0. The number of likely N-dealkylation sites (tertiary alicyclic amines) is 1. The van der Waals surface area contributed by atoms with Crippen molar-refractivity contribution in [3.05, 3.63) is 24.0 Å². The molecule has 2 rings (SSSR count). The van der Waals surface area contributed by atoms with E-state index in [1.807, 2.05) is 37.9 Å². The first-order chi connectivity index (χ1) is 10.3. The van der Waals surface area contributed by atoms with Crippen LogP contribution < -0.4 is 5.32 Å². The van der Waals surface area contributed by atoms with Gasteiger partial charge in [0.2, 0.25) is 0 Å². The standard InChI is InChI=1S/C17H27N3O2/c1-13-7-9-18-12-15(13)19-14-6-5-10-20(11-8-14)16(21)22-17(2,3)4/h7,9,12,14,19H,5-6,8,10-11H2,1-4H3. The van der Waals surface area contributed by atoms with E-state index in [-0.39, 0.29) is 6.09 Å². The molecule has 5 heteroatoms. The number of rotatable bonds is 2. The van der Waals surface area contributed by atoms with Crippen molar-refractivity contribution in [2.45, 2.75) is 58.6 Å². The number of carbonyl (C=O) groups excluding carboxylic acids is 1. The van der Waals surface area contributed by atoms with Crippen molar-refractivity contribution in [3.63, 3.8) is 0 Å². The highest BCUT2D eigenvalue weighted by Gasteiger charge is 2.25. The Morgan fingerprint density at radius 2 is 2.14 bits per heavy atom. The molecule has 22 heavy (non-hydrogen) atoms. The van der Waals surface area contributed by atoms with Crippen LogP contribution in [0.1, 0.15) is 45.6 Å². The summed E-state index contributed by atoms with van der Waals surface area (Å²) < 4.78 is 5.46. The van der Waals surface area contributed by atoms with Crippen molar-refractivity contribution < 1.29 is 9.53 Å². The highest BCUT2D eigenvalue weighted by Crippen LogP contribution is 2.20. The van der Waals surface area contributed by atoms with E-state index in [1.54, 1.807) is 6.20 Å². The smallest absolute Gasteiger partial charge is 0.410 e. The molecule has 1 aliphatic rings. The average Bonchev–Trinajstić information content (AvgIpc) is 2.65. The lowest BCUT2D eigenvalue weighted by molar-refractivity contribution is 0.0256. The van der Waals surface area contributed by atoms with E-state index >= 15 is 0 Å². The van der Waals surface area contributed by atoms with E-state index in [4.69, 9.17) is 4.74 Å². The summed E-state index contributed by atoms with van der Waals surface area (Å²) in [4.78, 5) is 18.2. The molecular formula is C17H27N3O2. The van der Waals surface area contributed by atoms with Crippen LogP contribution in [-0.2, 0) is 4.74 Å². The average molecular weight is 305 g/mol. The second kappa shape index (κ2) is 6.99. The number of aromatic nitrogens is 1.